The first-order valence-corrected chi connectivity index (χ1v) is 7.80. The lowest BCUT2D eigenvalue weighted by atomic mass is 10.1. The summed E-state index contributed by atoms with van der Waals surface area (Å²) in [4.78, 5) is 22.9. The Morgan fingerprint density at radius 1 is 1.12 bits per heavy atom. The van der Waals surface area contributed by atoms with Gasteiger partial charge >= 0.3 is 5.97 Å². The van der Waals surface area contributed by atoms with Crippen LogP contribution in [0.5, 0.6) is 11.5 Å². The number of carboxylic acids is 1. The van der Waals surface area contributed by atoms with Crippen molar-refractivity contribution in [2.24, 2.45) is 0 Å². The summed E-state index contributed by atoms with van der Waals surface area (Å²) in [6.07, 6.45) is 3.03. The van der Waals surface area contributed by atoms with Crippen molar-refractivity contribution in [3.63, 3.8) is 0 Å². The van der Waals surface area contributed by atoms with Crippen LogP contribution in [0.25, 0.3) is 17.0 Å². The number of hydrogen-bond donors (Lipinski definition) is 1. The summed E-state index contributed by atoms with van der Waals surface area (Å²) in [5, 5.41) is 9.54. The number of methoxy groups -OCH3 is 1. The Morgan fingerprint density at radius 3 is 2.65 bits per heavy atom. The third-order valence-electron chi connectivity index (χ3n) is 3.63. The van der Waals surface area contributed by atoms with Crippen molar-refractivity contribution in [1.29, 1.82) is 0 Å². The Hall–Kier alpha value is -3.54. The third-order valence-corrected chi connectivity index (χ3v) is 3.63. The molecule has 0 spiro atoms. The number of furan rings is 1. The molecular formula is C20H16O6. The number of aliphatic carboxylic acids is 1. The van der Waals surface area contributed by atoms with Gasteiger partial charge in [-0.05, 0) is 35.9 Å². The molecular weight excluding hydrogens is 336 g/mol. The van der Waals surface area contributed by atoms with Crippen molar-refractivity contribution in [3.05, 3.63) is 65.9 Å². The summed E-state index contributed by atoms with van der Waals surface area (Å²) >= 11 is 0. The highest BCUT2D eigenvalue weighted by Gasteiger charge is 2.10. The molecule has 0 bridgehead atoms. The minimum Gasteiger partial charge on any atom is -0.493 e. The zero-order valence-corrected chi connectivity index (χ0v) is 14.0. The Labute approximate surface area is 149 Å². The highest BCUT2D eigenvalue weighted by Crippen LogP contribution is 2.28. The fraction of sp³-hybridized carbons (Fsp3) is 0.100. The summed E-state index contributed by atoms with van der Waals surface area (Å²) in [6.45, 7) is -0.462. The van der Waals surface area contributed by atoms with Crippen molar-refractivity contribution in [2.45, 2.75) is 0 Å². The van der Waals surface area contributed by atoms with Crippen LogP contribution in [0.15, 0.2) is 59.0 Å². The highest BCUT2D eigenvalue weighted by molar-refractivity contribution is 6.07. The first-order chi connectivity index (χ1) is 12.6. The van der Waals surface area contributed by atoms with Gasteiger partial charge in [-0.3, -0.25) is 4.79 Å². The van der Waals surface area contributed by atoms with Gasteiger partial charge in [0.25, 0.3) is 0 Å². The van der Waals surface area contributed by atoms with Gasteiger partial charge in [-0.15, -0.1) is 0 Å². The first kappa shape index (κ1) is 17.3. The molecule has 0 fully saturated rings. The number of fused-ring (bicyclic) bond motifs is 1. The predicted octanol–water partition coefficient (Wildman–Crippen LogP) is 3.80. The summed E-state index contributed by atoms with van der Waals surface area (Å²) < 4.78 is 15.9. The van der Waals surface area contributed by atoms with E-state index in [9.17, 15) is 9.59 Å². The number of carbonyl (C=O) groups is 2. The van der Waals surface area contributed by atoms with Crippen LogP contribution in [0.2, 0.25) is 0 Å². The molecule has 0 radical (unpaired) electrons. The molecule has 2 aromatic carbocycles. The molecule has 0 amide bonds. The Morgan fingerprint density at radius 2 is 1.92 bits per heavy atom. The van der Waals surface area contributed by atoms with Crippen LogP contribution < -0.4 is 9.47 Å². The van der Waals surface area contributed by atoms with Crippen LogP contribution in [-0.2, 0) is 4.79 Å². The van der Waals surface area contributed by atoms with Crippen molar-refractivity contribution < 1.29 is 28.6 Å². The number of allylic oxidation sites excluding steroid dienone is 1. The van der Waals surface area contributed by atoms with Crippen molar-refractivity contribution in [2.75, 3.05) is 13.7 Å². The largest absolute Gasteiger partial charge is 0.493 e. The summed E-state index contributed by atoms with van der Waals surface area (Å²) in [5.74, 6) is -0.380. The van der Waals surface area contributed by atoms with Crippen LogP contribution in [0.1, 0.15) is 16.1 Å². The van der Waals surface area contributed by atoms with Crippen molar-refractivity contribution in [1.82, 2.24) is 0 Å². The van der Waals surface area contributed by atoms with Gasteiger partial charge in [0.2, 0.25) is 5.78 Å². The summed E-state index contributed by atoms with van der Waals surface area (Å²) in [6, 6.07) is 14.0. The van der Waals surface area contributed by atoms with Crippen LogP contribution in [-0.4, -0.2) is 30.6 Å². The third kappa shape index (κ3) is 3.92. The van der Waals surface area contributed by atoms with Gasteiger partial charge in [0.15, 0.2) is 23.9 Å². The van der Waals surface area contributed by atoms with Crippen LogP contribution in [0.4, 0.5) is 0 Å². The molecule has 0 aliphatic rings. The molecule has 0 saturated carbocycles. The fourth-order valence-corrected chi connectivity index (χ4v) is 2.40. The molecule has 3 rings (SSSR count). The number of carbonyl (C=O) groups excluding carboxylic acids is 1. The lowest BCUT2D eigenvalue weighted by Gasteiger charge is -2.09. The molecule has 6 nitrogen and oxygen atoms in total. The summed E-state index contributed by atoms with van der Waals surface area (Å²) in [7, 11) is 1.45. The Bertz CT molecular complexity index is 950. The molecule has 1 heterocycles. The molecule has 1 aromatic heterocycles. The zero-order valence-electron chi connectivity index (χ0n) is 14.0. The van der Waals surface area contributed by atoms with E-state index in [0.29, 0.717) is 22.6 Å². The second kappa shape index (κ2) is 7.57. The molecule has 26 heavy (non-hydrogen) atoms. The van der Waals surface area contributed by atoms with E-state index < -0.39 is 12.6 Å². The number of ketones is 1. The van der Waals surface area contributed by atoms with Crippen molar-refractivity contribution in [3.8, 4) is 11.5 Å². The monoisotopic (exact) mass is 352 g/mol. The van der Waals surface area contributed by atoms with Gasteiger partial charge in [-0.2, -0.15) is 0 Å². The normalized spacial score (nSPS) is 11.0. The molecule has 6 heteroatoms. The molecule has 0 aliphatic heterocycles. The Balaban J connectivity index is 1.76. The standard InChI is InChI=1S/C20H16O6/c1-24-19-10-13(7-9-17(19)25-12-20(22)23)6-8-15(21)18-11-14-4-2-3-5-16(14)26-18/h2-11H,12H2,1H3,(H,22,23)/b8-6+. The van der Waals surface area contributed by atoms with E-state index in [4.69, 9.17) is 19.0 Å². The number of carboxylic acid groups (broad SMARTS) is 1. The van der Waals surface area contributed by atoms with Gasteiger partial charge in [0, 0.05) is 5.39 Å². The number of hydrogen-bond acceptors (Lipinski definition) is 5. The SMILES string of the molecule is COc1cc(/C=C/C(=O)c2cc3ccccc3o2)ccc1OCC(=O)O. The second-order valence-corrected chi connectivity index (χ2v) is 5.44. The van der Waals surface area contributed by atoms with Gasteiger partial charge in [0.05, 0.1) is 7.11 Å². The predicted molar refractivity (Wildman–Crippen MR) is 95.7 cm³/mol. The quantitative estimate of drug-likeness (QED) is 0.514. The molecule has 0 saturated heterocycles. The lowest BCUT2D eigenvalue weighted by Crippen LogP contribution is -2.10. The Kier molecular flexibility index (Phi) is 5.03. The van der Waals surface area contributed by atoms with Crippen molar-refractivity contribution >= 4 is 28.8 Å². The van der Waals surface area contributed by atoms with E-state index in [-0.39, 0.29) is 11.5 Å². The van der Waals surface area contributed by atoms with Crippen LogP contribution in [0, 0.1) is 0 Å². The molecule has 0 atom stereocenters. The minimum atomic E-state index is -1.08. The number of ether oxygens (including phenoxy) is 2. The molecule has 1 N–H and O–H groups in total. The van der Waals surface area contributed by atoms with E-state index in [1.165, 1.54) is 13.2 Å². The van der Waals surface area contributed by atoms with E-state index in [2.05, 4.69) is 0 Å². The molecule has 132 valence electrons. The first-order valence-electron chi connectivity index (χ1n) is 7.80. The lowest BCUT2D eigenvalue weighted by molar-refractivity contribution is -0.139. The second-order valence-electron chi connectivity index (χ2n) is 5.44. The van der Waals surface area contributed by atoms with E-state index in [1.54, 1.807) is 36.4 Å². The molecule has 0 aliphatic carbocycles. The maximum atomic E-state index is 12.3. The molecule has 0 unspecified atom stereocenters. The average Bonchev–Trinajstić information content (AvgIpc) is 3.08. The maximum absolute atomic E-state index is 12.3. The number of benzene rings is 2. The minimum absolute atomic E-state index is 0.258. The highest BCUT2D eigenvalue weighted by atomic mass is 16.5. The van der Waals surface area contributed by atoms with Gasteiger partial charge in [0.1, 0.15) is 5.58 Å². The van der Waals surface area contributed by atoms with E-state index in [0.717, 1.165) is 5.39 Å². The number of rotatable bonds is 7. The average molecular weight is 352 g/mol. The zero-order chi connectivity index (χ0) is 18.5. The summed E-state index contributed by atoms with van der Waals surface area (Å²) in [5.41, 5.74) is 1.36. The van der Waals surface area contributed by atoms with Crippen LogP contribution >= 0.6 is 0 Å². The van der Waals surface area contributed by atoms with Gasteiger partial charge in [-0.1, -0.05) is 30.3 Å². The smallest absolute Gasteiger partial charge is 0.341 e. The van der Waals surface area contributed by atoms with E-state index >= 15 is 0 Å². The van der Waals surface area contributed by atoms with E-state index in [1.807, 2.05) is 18.2 Å². The van der Waals surface area contributed by atoms with Gasteiger partial charge < -0.3 is 19.0 Å². The van der Waals surface area contributed by atoms with Crippen LogP contribution in [0.3, 0.4) is 0 Å². The molecule has 3 aromatic rings. The topological polar surface area (TPSA) is 86.0 Å². The number of para-hydroxylation sites is 1. The maximum Gasteiger partial charge on any atom is 0.341 e. The fourth-order valence-electron chi connectivity index (χ4n) is 2.40. The van der Waals surface area contributed by atoms with Gasteiger partial charge in [-0.25, -0.2) is 4.79 Å².